The first-order valence-electron chi connectivity index (χ1n) is 9.53. The number of carboxylic acid groups (broad SMARTS) is 1. The van der Waals surface area contributed by atoms with Gasteiger partial charge in [0.1, 0.15) is 11.5 Å². The molecule has 6 atom stereocenters. The topological polar surface area (TPSA) is 87.2 Å². The average molecular weight is 382 g/mol. The lowest BCUT2D eigenvalue weighted by Crippen LogP contribution is -2.50. The molecule has 7 nitrogen and oxygen atoms in total. The molecule has 0 aromatic heterocycles. The molecule has 1 N–H and O–H groups in total. The number of nitrogens with zero attached hydrogens (tertiary/aromatic N) is 2. The fourth-order valence-electron chi connectivity index (χ4n) is 5.59. The van der Waals surface area contributed by atoms with Crippen LogP contribution in [0.4, 0.5) is 5.69 Å². The quantitative estimate of drug-likeness (QED) is 0.786. The molecule has 146 valence electrons. The number of hydrogen-bond donors (Lipinski definition) is 1. The van der Waals surface area contributed by atoms with Gasteiger partial charge >= 0.3 is 5.97 Å². The monoisotopic (exact) mass is 382 g/mol. The highest BCUT2D eigenvalue weighted by atomic mass is 16.5. The van der Waals surface area contributed by atoms with Crippen molar-refractivity contribution >= 4 is 23.5 Å². The summed E-state index contributed by atoms with van der Waals surface area (Å²) in [5.41, 5.74) is 1.77. The first-order valence-corrected chi connectivity index (χ1v) is 9.53. The Morgan fingerprint density at radius 2 is 2.11 bits per heavy atom. The van der Waals surface area contributed by atoms with Crippen LogP contribution in [0.1, 0.15) is 30.5 Å². The van der Waals surface area contributed by atoms with Crippen molar-refractivity contribution < 1.29 is 24.2 Å². The Labute approximate surface area is 162 Å². The second-order valence-corrected chi connectivity index (χ2v) is 8.30. The van der Waals surface area contributed by atoms with Crippen LogP contribution in [0.15, 0.2) is 30.4 Å². The van der Waals surface area contributed by atoms with Gasteiger partial charge in [-0.15, -0.1) is 0 Å². The Bertz CT molecular complexity index is 956. The zero-order valence-electron chi connectivity index (χ0n) is 16.0. The number of carboxylic acids is 1. The van der Waals surface area contributed by atoms with Crippen LogP contribution in [0.3, 0.4) is 0 Å². The molecule has 0 saturated carbocycles. The third-order valence-electron chi connectivity index (χ3n) is 6.92. The van der Waals surface area contributed by atoms with E-state index in [1.54, 1.807) is 22.9 Å². The molecule has 7 heteroatoms. The fraction of sp³-hybridized carbons (Fsp3) is 0.476. The van der Waals surface area contributed by atoms with E-state index in [1.165, 1.54) is 6.92 Å². The zero-order valence-corrected chi connectivity index (χ0v) is 16.0. The number of anilines is 1. The van der Waals surface area contributed by atoms with E-state index in [0.29, 0.717) is 6.42 Å². The number of aliphatic carboxylic acids is 1. The smallest absolute Gasteiger partial charge is 0.310 e. The summed E-state index contributed by atoms with van der Waals surface area (Å²) in [5, 5.41) is 9.74. The van der Waals surface area contributed by atoms with Crippen LogP contribution in [0, 0.1) is 18.8 Å². The average Bonchev–Trinajstić information content (AvgIpc) is 3.29. The van der Waals surface area contributed by atoms with E-state index in [2.05, 4.69) is 0 Å². The molecule has 0 unspecified atom stereocenters. The van der Waals surface area contributed by atoms with Gasteiger partial charge in [0.25, 0.3) is 0 Å². The summed E-state index contributed by atoms with van der Waals surface area (Å²) in [5.74, 6) is -2.87. The second kappa shape index (κ2) is 5.44. The second-order valence-electron chi connectivity index (χ2n) is 8.30. The van der Waals surface area contributed by atoms with Crippen molar-refractivity contribution in [2.75, 3.05) is 11.9 Å². The normalized spacial score (nSPS) is 36.9. The molecule has 2 bridgehead atoms. The van der Waals surface area contributed by atoms with Crippen molar-refractivity contribution in [2.24, 2.45) is 11.8 Å². The number of aryl methyl sites for hydroxylation is 1. The zero-order chi connectivity index (χ0) is 20.0. The number of hydrogen-bond acceptors (Lipinski definition) is 4. The van der Waals surface area contributed by atoms with Crippen LogP contribution in [0.2, 0.25) is 0 Å². The first-order chi connectivity index (χ1) is 13.3. The molecular weight excluding hydrogens is 360 g/mol. The molecule has 2 amide bonds. The van der Waals surface area contributed by atoms with Gasteiger partial charge in [-0.1, -0.05) is 29.8 Å². The Morgan fingerprint density at radius 3 is 2.79 bits per heavy atom. The maximum absolute atomic E-state index is 13.4. The van der Waals surface area contributed by atoms with Crippen molar-refractivity contribution in [3.8, 4) is 0 Å². The standard InChI is InChI=1S/C21H22N2O5/c1-10-4-5-13-12(8-10)14(22(3)11(2)24)9-16-21-7-6-15(28-21)17(20(26)27)18(21)19(25)23(13)16/h4-8,14-18H,9H2,1-3H3,(H,26,27)/t14-,15+,16-,17+,18-,21+/m0/s1. The molecule has 5 rings (SSSR count). The van der Waals surface area contributed by atoms with Gasteiger partial charge < -0.3 is 19.6 Å². The third kappa shape index (κ3) is 1.95. The molecule has 1 spiro atoms. The molecule has 0 radical (unpaired) electrons. The van der Waals surface area contributed by atoms with Crippen molar-refractivity contribution in [1.82, 2.24) is 4.90 Å². The number of amides is 2. The van der Waals surface area contributed by atoms with Crippen LogP contribution in [0.5, 0.6) is 0 Å². The van der Waals surface area contributed by atoms with Gasteiger partial charge in [0.15, 0.2) is 0 Å². The lowest BCUT2D eigenvalue weighted by Gasteiger charge is -2.43. The summed E-state index contributed by atoms with van der Waals surface area (Å²) in [7, 11) is 1.77. The predicted molar refractivity (Wildman–Crippen MR) is 99.6 cm³/mol. The highest BCUT2D eigenvalue weighted by molar-refractivity contribution is 6.04. The predicted octanol–water partition coefficient (Wildman–Crippen LogP) is 1.66. The number of ether oxygens (including phenoxy) is 1. The molecule has 1 aromatic carbocycles. The highest BCUT2D eigenvalue weighted by Gasteiger charge is 2.72. The van der Waals surface area contributed by atoms with E-state index in [9.17, 15) is 19.5 Å². The summed E-state index contributed by atoms with van der Waals surface area (Å²) in [6.45, 7) is 3.51. The molecule has 4 heterocycles. The van der Waals surface area contributed by atoms with E-state index < -0.39 is 29.5 Å². The fourth-order valence-corrected chi connectivity index (χ4v) is 5.59. The van der Waals surface area contributed by atoms with Gasteiger partial charge in [-0.05, 0) is 25.0 Å². The minimum atomic E-state index is -1.00. The Morgan fingerprint density at radius 1 is 1.36 bits per heavy atom. The van der Waals surface area contributed by atoms with E-state index in [1.807, 2.05) is 31.2 Å². The molecule has 4 aliphatic rings. The van der Waals surface area contributed by atoms with Crippen LogP contribution in [-0.2, 0) is 19.1 Å². The summed E-state index contributed by atoms with van der Waals surface area (Å²) in [4.78, 5) is 40.9. The number of fused-ring (bicyclic) bond motifs is 4. The van der Waals surface area contributed by atoms with Crippen LogP contribution >= 0.6 is 0 Å². The van der Waals surface area contributed by atoms with E-state index in [-0.39, 0.29) is 23.9 Å². The van der Waals surface area contributed by atoms with Crippen molar-refractivity contribution in [1.29, 1.82) is 0 Å². The maximum Gasteiger partial charge on any atom is 0.310 e. The molecule has 0 aliphatic carbocycles. The van der Waals surface area contributed by atoms with Crippen LogP contribution in [-0.4, -0.2) is 52.6 Å². The van der Waals surface area contributed by atoms with Crippen molar-refractivity contribution in [3.05, 3.63) is 41.5 Å². The summed E-state index contributed by atoms with van der Waals surface area (Å²) in [6.07, 6.45) is 3.60. The van der Waals surface area contributed by atoms with Gasteiger partial charge in [-0.2, -0.15) is 0 Å². The van der Waals surface area contributed by atoms with Gasteiger partial charge in [-0.25, -0.2) is 0 Å². The van der Waals surface area contributed by atoms with Gasteiger partial charge in [0.2, 0.25) is 11.8 Å². The molecule has 4 aliphatic heterocycles. The van der Waals surface area contributed by atoms with Gasteiger partial charge in [0, 0.05) is 19.7 Å². The summed E-state index contributed by atoms with van der Waals surface area (Å²) >= 11 is 0. The Balaban J connectivity index is 1.68. The molecular formula is C21H22N2O5. The Hall–Kier alpha value is -2.67. The van der Waals surface area contributed by atoms with Crippen LogP contribution in [0.25, 0.3) is 0 Å². The van der Waals surface area contributed by atoms with Gasteiger partial charge in [0.05, 0.1) is 24.1 Å². The minimum Gasteiger partial charge on any atom is -0.481 e. The molecule has 1 aromatic rings. The van der Waals surface area contributed by atoms with Gasteiger partial charge in [-0.3, -0.25) is 14.4 Å². The molecule has 2 fully saturated rings. The SMILES string of the molecule is CC(=O)N(C)[C@H]1C[C@@H]2N(C(=O)[C@@H]3[C@H](C(=O)O)[C@H]4C=C[C@]32O4)c2ccc(C)cc21. The largest absolute Gasteiger partial charge is 0.481 e. The number of carbonyl (C=O) groups is 3. The Kier molecular flexibility index (Phi) is 3.39. The summed E-state index contributed by atoms with van der Waals surface area (Å²) < 4.78 is 6.17. The van der Waals surface area contributed by atoms with Crippen molar-refractivity contribution in [3.63, 3.8) is 0 Å². The number of benzene rings is 1. The molecule has 28 heavy (non-hydrogen) atoms. The van der Waals surface area contributed by atoms with E-state index >= 15 is 0 Å². The number of rotatable bonds is 2. The first kappa shape index (κ1) is 17.4. The minimum absolute atomic E-state index is 0.0557. The lowest BCUT2D eigenvalue weighted by molar-refractivity contribution is -0.146. The van der Waals surface area contributed by atoms with E-state index in [0.717, 1.165) is 16.8 Å². The van der Waals surface area contributed by atoms with E-state index in [4.69, 9.17) is 4.74 Å². The van der Waals surface area contributed by atoms with Crippen LogP contribution < -0.4 is 4.90 Å². The number of carbonyl (C=O) groups excluding carboxylic acids is 2. The molecule has 2 saturated heterocycles. The summed E-state index contributed by atoms with van der Waals surface area (Å²) in [6, 6.07) is 5.32. The van der Waals surface area contributed by atoms with Crippen molar-refractivity contribution in [2.45, 2.75) is 44.1 Å². The third-order valence-corrected chi connectivity index (χ3v) is 6.92. The highest BCUT2D eigenvalue weighted by Crippen LogP contribution is 2.59. The lowest BCUT2D eigenvalue weighted by atomic mass is 9.73. The maximum atomic E-state index is 13.4.